The maximum absolute atomic E-state index is 13.6. The van der Waals surface area contributed by atoms with Gasteiger partial charge in [0.2, 0.25) is 0 Å². The quantitative estimate of drug-likeness (QED) is 0.178. The van der Waals surface area contributed by atoms with E-state index >= 15 is 0 Å². The van der Waals surface area contributed by atoms with Crippen molar-refractivity contribution in [3.05, 3.63) is 118 Å². The van der Waals surface area contributed by atoms with Crippen LogP contribution in [0.4, 0.5) is 0 Å². The summed E-state index contributed by atoms with van der Waals surface area (Å²) in [5.41, 5.74) is 10.5. The molecule has 1 aliphatic rings. The van der Waals surface area contributed by atoms with Gasteiger partial charge in [-0.25, -0.2) is 0 Å². The second-order valence-electron chi connectivity index (χ2n) is 7.82. The van der Waals surface area contributed by atoms with Crippen molar-refractivity contribution in [1.29, 1.82) is 0 Å². The highest BCUT2D eigenvalue weighted by Gasteiger charge is 2.44. The molecule has 1 aliphatic heterocycles. The highest BCUT2D eigenvalue weighted by Crippen LogP contribution is 2.55. The molecule has 1 N–H and O–H groups in total. The van der Waals surface area contributed by atoms with Gasteiger partial charge in [-0.1, -0.05) is 96.1 Å². The van der Waals surface area contributed by atoms with E-state index in [4.69, 9.17) is 10.3 Å². The average Bonchev–Trinajstić information content (AvgIpc) is 3.10. The number of nitrogens with zero attached hydrogens (tertiary/aromatic N) is 3. The Bertz CT molecular complexity index is 1010. The zero-order valence-electron chi connectivity index (χ0n) is 17.0. The molecule has 0 unspecified atom stereocenters. The van der Waals surface area contributed by atoms with E-state index in [2.05, 4.69) is 10.0 Å². The largest absolute Gasteiger partial charge is 0.392 e. The first kappa shape index (κ1) is 21.4. The summed E-state index contributed by atoms with van der Waals surface area (Å²) in [7, 11) is -2.91. The maximum atomic E-state index is 13.6. The van der Waals surface area contributed by atoms with Crippen molar-refractivity contribution in [2.45, 2.75) is 17.7 Å². The third kappa shape index (κ3) is 4.30. The second kappa shape index (κ2) is 9.09. The molecule has 1 heterocycles. The molecule has 0 radical (unpaired) electrons. The molecule has 31 heavy (non-hydrogen) atoms. The molecule has 0 bridgehead atoms. The Morgan fingerprint density at radius 2 is 1.35 bits per heavy atom. The third-order valence-electron chi connectivity index (χ3n) is 5.74. The minimum Gasteiger partial charge on any atom is -0.392 e. The Hall–Kier alpha value is -2.88. The summed E-state index contributed by atoms with van der Waals surface area (Å²) in [6.07, 6.45) is -0.706. The molecule has 0 amide bonds. The van der Waals surface area contributed by atoms with E-state index in [1.54, 1.807) is 0 Å². The summed E-state index contributed by atoms with van der Waals surface area (Å²) in [6.45, 7) is 0. The van der Waals surface area contributed by atoms with E-state index < -0.39 is 24.9 Å². The van der Waals surface area contributed by atoms with Gasteiger partial charge in [0.25, 0.3) is 0 Å². The lowest BCUT2D eigenvalue weighted by Gasteiger charge is -2.36. The van der Waals surface area contributed by atoms with Gasteiger partial charge in [-0.2, -0.15) is 0 Å². The van der Waals surface area contributed by atoms with Gasteiger partial charge < -0.3 is 14.4 Å². The Kier molecular flexibility index (Phi) is 6.26. The summed E-state index contributed by atoms with van der Waals surface area (Å²) >= 11 is 0. The zero-order valence-corrected chi connectivity index (χ0v) is 17.9. The van der Waals surface area contributed by atoms with Crippen LogP contribution in [0.25, 0.3) is 10.4 Å². The Morgan fingerprint density at radius 1 is 0.903 bits per heavy atom. The number of rotatable bonds is 7. The number of benzene rings is 3. The van der Waals surface area contributed by atoms with E-state index in [1.807, 2.05) is 91.0 Å². The van der Waals surface area contributed by atoms with Crippen LogP contribution in [0.1, 0.15) is 16.7 Å². The van der Waals surface area contributed by atoms with E-state index in [9.17, 15) is 9.67 Å². The highest BCUT2D eigenvalue weighted by atomic mass is 31.2. The molecule has 4 rings (SSSR count). The van der Waals surface area contributed by atoms with E-state index in [1.165, 1.54) is 0 Å². The van der Waals surface area contributed by atoms with E-state index in [0.29, 0.717) is 0 Å². The van der Waals surface area contributed by atoms with Crippen LogP contribution in [0.15, 0.2) is 96.1 Å². The van der Waals surface area contributed by atoms with Crippen molar-refractivity contribution < 1.29 is 14.4 Å². The molecule has 0 saturated carbocycles. The standard InChI is InChI=1S/C24H24N3O3P/c25-27-26-22-16-31(29,17-23(22)28)18-30-24(19-10-4-1-5-11-19,20-12-6-2-7-13-20)21-14-8-3-9-15-21/h1-15,22-23,28H,16-18H2/t22-,23-,31+/m0/s1. The lowest BCUT2D eigenvalue weighted by atomic mass is 9.80. The van der Waals surface area contributed by atoms with Crippen molar-refractivity contribution in [2.24, 2.45) is 5.11 Å². The number of aliphatic hydroxyl groups is 1. The minimum absolute atomic E-state index is 0.0276. The summed E-state index contributed by atoms with van der Waals surface area (Å²) in [5.74, 6) is 0. The Balaban J connectivity index is 1.80. The molecule has 3 atom stereocenters. The van der Waals surface area contributed by atoms with Crippen LogP contribution in [-0.2, 0) is 14.9 Å². The molecule has 158 valence electrons. The van der Waals surface area contributed by atoms with Crippen molar-refractivity contribution in [3.8, 4) is 0 Å². The molecular weight excluding hydrogens is 409 g/mol. The van der Waals surface area contributed by atoms with Gasteiger partial charge in [0.1, 0.15) is 19.1 Å². The molecular formula is C24H24N3O3P. The molecule has 7 heteroatoms. The van der Waals surface area contributed by atoms with Crippen LogP contribution in [0.3, 0.4) is 0 Å². The Labute approximate surface area is 181 Å². The SMILES string of the molecule is [N-]=[N+]=N[C@H]1C[P@](=O)(COC(c2ccccc2)(c2ccccc2)c2ccccc2)C[C@@H]1O. The van der Waals surface area contributed by atoms with Gasteiger partial charge in [-0.15, -0.1) is 0 Å². The number of ether oxygens (including phenoxy) is 1. The van der Waals surface area contributed by atoms with Gasteiger partial charge in [0.05, 0.1) is 12.1 Å². The maximum Gasteiger partial charge on any atom is 0.144 e. The van der Waals surface area contributed by atoms with Crippen molar-refractivity contribution in [2.75, 3.05) is 18.7 Å². The molecule has 3 aromatic rings. The predicted molar refractivity (Wildman–Crippen MR) is 121 cm³/mol. The first-order chi connectivity index (χ1) is 15.1. The van der Waals surface area contributed by atoms with Crippen LogP contribution in [0, 0.1) is 0 Å². The van der Waals surface area contributed by atoms with Crippen molar-refractivity contribution in [1.82, 2.24) is 0 Å². The van der Waals surface area contributed by atoms with Crippen molar-refractivity contribution >= 4 is 7.14 Å². The second-order valence-corrected chi connectivity index (χ2v) is 10.9. The van der Waals surface area contributed by atoms with Crippen LogP contribution in [0.5, 0.6) is 0 Å². The summed E-state index contributed by atoms with van der Waals surface area (Å²) in [5, 5.41) is 13.9. The molecule has 1 saturated heterocycles. The number of hydrogen-bond donors (Lipinski definition) is 1. The molecule has 1 fully saturated rings. The fourth-order valence-corrected chi connectivity index (χ4v) is 6.98. The van der Waals surface area contributed by atoms with E-state index in [-0.39, 0.29) is 18.7 Å². The summed E-state index contributed by atoms with van der Waals surface area (Å²) < 4.78 is 20.2. The lowest BCUT2D eigenvalue weighted by molar-refractivity contribution is 0.0423. The van der Waals surface area contributed by atoms with Crippen LogP contribution in [-0.4, -0.2) is 35.9 Å². The predicted octanol–water partition coefficient (Wildman–Crippen LogP) is 5.37. The molecule has 6 nitrogen and oxygen atoms in total. The zero-order chi connectivity index (χ0) is 21.7. The minimum atomic E-state index is -2.91. The first-order valence-electron chi connectivity index (χ1n) is 10.2. The monoisotopic (exact) mass is 433 g/mol. The lowest BCUT2D eigenvalue weighted by Crippen LogP contribution is -2.33. The van der Waals surface area contributed by atoms with Crippen LogP contribution >= 0.6 is 7.14 Å². The van der Waals surface area contributed by atoms with Gasteiger partial charge in [-0.05, 0) is 22.2 Å². The van der Waals surface area contributed by atoms with Crippen LogP contribution < -0.4 is 0 Å². The molecule has 0 aliphatic carbocycles. The van der Waals surface area contributed by atoms with E-state index in [0.717, 1.165) is 16.7 Å². The number of aliphatic hydroxyl groups excluding tert-OH is 1. The first-order valence-corrected chi connectivity index (χ1v) is 12.4. The average molecular weight is 433 g/mol. The number of azide groups is 1. The Morgan fingerprint density at radius 3 is 1.77 bits per heavy atom. The smallest absolute Gasteiger partial charge is 0.144 e. The van der Waals surface area contributed by atoms with Gasteiger partial charge in [-0.3, -0.25) is 0 Å². The topological polar surface area (TPSA) is 95.3 Å². The molecule has 3 aromatic carbocycles. The van der Waals surface area contributed by atoms with Gasteiger partial charge in [0.15, 0.2) is 0 Å². The summed E-state index contributed by atoms with van der Waals surface area (Å²) in [4.78, 5) is 2.79. The van der Waals surface area contributed by atoms with Gasteiger partial charge >= 0.3 is 0 Å². The van der Waals surface area contributed by atoms with Crippen LogP contribution in [0.2, 0.25) is 0 Å². The third-order valence-corrected chi connectivity index (χ3v) is 8.42. The van der Waals surface area contributed by atoms with Gasteiger partial charge in [0, 0.05) is 17.2 Å². The fraction of sp³-hybridized carbons (Fsp3) is 0.250. The fourth-order valence-electron chi connectivity index (χ4n) is 4.27. The molecule has 0 spiro atoms. The molecule has 0 aromatic heterocycles. The number of hydrogen-bond acceptors (Lipinski definition) is 4. The highest BCUT2D eigenvalue weighted by molar-refractivity contribution is 7.64. The summed E-state index contributed by atoms with van der Waals surface area (Å²) in [6, 6.07) is 28.9. The normalized spacial score (nSPS) is 23.3. The van der Waals surface area contributed by atoms with Crippen molar-refractivity contribution in [3.63, 3.8) is 0 Å².